The van der Waals surface area contributed by atoms with E-state index in [0.29, 0.717) is 19.3 Å². The van der Waals surface area contributed by atoms with E-state index in [1.165, 1.54) is 6.92 Å². The quantitative estimate of drug-likeness (QED) is 0.149. The van der Waals surface area contributed by atoms with Gasteiger partial charge in [0.25, 0.3) is 0 Å². The molecule has 0 radical (unpaired) electrons. The minimum atomic E-state index is -1.84. The van der Waals surface area contributed by atoms with Crippen molar-refractivity contribution in [3.05, 3.63) is 64.7 Å². The van der Waals surface area contributed by atoms with Gasteiger partial charge in [0.2, 0.25) is 6.29 Å². The van der Waals surface area contributed by atoms with Crippen LogP contribution in [0.25, 0.3) is 10.8 Å². The summed E-state index contributed by atoms with van der Waals surface area (Å²) in [5.41, 5.74) is -1.09. The number of rotatable bonds is 8. The second-order valence-electron chi connectivity index (χ2n) is 11.5. The number of ether oxygens (including phenoxy) is 2. The first-order valence-electron chi connectivity index (χ1n) is 14.3. The molecule has 5 unspecified atom stereocenters. The van der Waals surface area contributed by atoms with Crippen LogP contribution in [0.4, 0.5) is 0 Å². The fraction of sp³-hybridized carbons (Fsp3) is 0.438. The Bertz CT molecular complexity index is 1510. The molecule has 7 N–H and O–H groups in total. The van der Waals surface area contributed by atoms with Gasteiger partial charge in [0, 0.05) is 17.4 Å². The number of ketones is 1. The second-order valence-corrected chi connectivity index (χ2v) is 11.5. The van der Waals surface area contributed by atoms with E-state index in [4.69, 9.17) is 9.47 Å². The standard InChI is InChI=1S/C32H36O11/c1-16-22(20(33)11-10-17-8-4-2-5-9-17)25(35)23-19(24(16)34)14-18(30(39)40)15-21(23)42-31-28(38)26(36)27(37)29(43-31)32(41)12-6-3-7-13-32/h2,4-5,8-9,14-15,26-29,31,34-38,41H,3,6-7,10-13H2,1H3,(H,39,40). The highest BCUT2D eigenvalue weighted by atomic mass is 16.7. The summed E-state index contributed by atoms with van der Waals surface area (Å²) < 4.78 is 11.7. The number of aromatic carboxylic acids is 1. The number of Topliss-reactive ketones (excluding diaryl/α,β-unsaturated/α-hetero) is 1. The minimum Gasteiger partial charge on any atom is -0.507 e. The Morgan fingerprint density at radius 2 is 1.63 bits per heavy atom. The molecule has 2 aliphatic rings. The van der Waals surface area contributed by atoms with Crippen LogP contribution in [0.15, 0.2) is 42.5 Å². The highest BCUT2D eigenvalue weighted by molar-refractivity contribution is 6.11. The molecule has 230 valence electrons. The predicted molar refractivity (Wildman–Crippen MR) is 153 cm³/mol. The average Bonchev–Trinajstić information content (AvgIpc) is 2.99. The number of aliphatic hydroxyl groups is 4. The van der Waals surface area contributed by atoms with Crippen molar-refractivity contribution in [3.63, 3.8) is 0 Å². The van der Waals surface area contributed by atoms with Crippen molar-refractivity contribution in [2.45, 2.75) is 88.2 Å². The summed E-state index contributed by atoms with van der Waals surface area (Å²) in [5, 5.41) is 75.4. The molecule has 5 atom stereocenters. The highest BCUT2D eigenvalue weighted by Crippen LogP contribution is 2.46. The van der Waals surface area contributed by atoms with Crippen LogP contribution in [0, 0.1) is 6.92 Å². The van der Waals surface area contributed by atoms with Crippen LogP contribution >= 0.6 is 0 Å². The summed E-state index contributed by atoms with van der Waals surface area (Å²) in [7, 11) is 0. The van der Waals surface area contributed by atoms with Crippen LogP contribution in [-0.4, -0.2) is 83.8 Å². The van der Waals surface area contributed by atoms with Crippen molar-refractivity contribution in [1.82, 2.24) is 0 Å². The largest absolute Gasteiger partial charge is 0.507 e. The van der Waals surface area contributed by atoms with E-state index in [1.807, 2.05) is 30.3 Å². The molecular formula is C32H36O11. The number of carbonyl (C=O) groups is 2. The third-order valence-electron chi connectivity index (χ3n) is 8.63. The fourth-order valence-corrected chi connectivity index (χ4v) is 6.22. The van der Waals surface area contributed by atoms with Gasteiger partial charge in [-0.25, -0.2) is 4.79 Å². The third kappa shape index (κ3) is 5.78. The van der Waals surface area contributed by atoms with Gasteiger partial charge in [0.15, 0.2) is 5.78 Å². The molecule has 43 heavy (non-hydrogen) atoms. The Balaban J connectivity index is 1.56. The molecule has 11 heteroatoms. The number of aromatic hydroxyl groups is 2. The van der Waals surface area contributed by atoms with Gasteiger partial charge in [-0.1, -0.05) is 49.6 Å². The summed E-state index contributed by atoms with van der Waals surface area (Å²) in [4.78, 5) is 25.3. The van der Waals surface area contributed by atoms with Gasteiger partial charge in [0.1, 0.15) is 41.7 Å². The van der Waals surface area contributed by atoms with Crippen molar-refractivity contribution in [2.75, 3.05) is 0 Å². The van der Waals surface area contributed by atoms with E-state index in [-0.39, 0.29) is 52.5 Å². The lowest BCUT2D eigenvalue weighted by molar-refractivity contribution is -0.308. The molecule has 1 saturated heterocycles. The molecule has 1 aliphatic heterocycles. The SMILES string of the molecule is Cc1c(C(=O)CCc2ccccc2)c(O)c2c(OC3OC(C4(O)CCCCC4)C(O)C(O)C3O)cc(C(=O)O)cc2c1O. The van der Waals surface area contributed by atoms with E-state index in [0.717, 1.165) is 24.1 Å². The maximum atomic E-state index is 13.4. The zero-order chi connectivity index (χ0) is 31.1. The zero-order valence-corrected chi connectivity index (χ0v) is 23.6. The lowest BCUT2D eigenvalue weighted by atomic mass is 9.76. The fourth-order valence-electron chi connectivity index (χ4n) is 6.22. The number of aliphatic hydroxyl groups excluding tert-OH is 3. The first-order chi connectivity index (χ1) is 20.4. The Hall–Kier alpha value is -3.74. The molecule has 3 aromatic rings. The molecule has 1 saturated carbocycles. The van der Waals surface area contributed by atoms with Crippen LogP contribution in [0.3, 0.4) is 0 Å². The van der Waals surface area contributed by atoms with Gasteiger partial charge < -0.3 is 45.2 Å². The number of carbonyl (C=O) groups excluding carboxylic acids is 1. The first kappa shape index (κ1) is 30.7. The van der Waals surface area contributed by atoms with Gasteiger partial charge in [-0.2, -0.15) is 0 Å². The molecule has 3 aromatic carbocycles. The molecule has 0 spiro atoms. The number of hydrogen-bond acceptors (Lipinski definition) is 10. The average molecular weight is 597 g/mol. The molecule has 11 nitrogen and oxygen atoms in total. The third-order valence-corrected chi connectivity index (χ3v) is 8.63. The maximum Gasteiger partial charge on any atom is 0.335 e. The van der Waals surface area contributed by atoms with E-state index >= 15 is 0 Å². The van der Waals surface area contributed by atoms with Crippen LogP contribution < -0.4 is 4.74 Å². The Kier molecular flexibility index (Phi) is 8.64. The van der Waals surface area contributed by atoms with Crippen molar-refractivity contribution in [2.24, 2.45) is 0 Å². The van der Waals surface area contributed by atoms with Gasteiger partial charge in [-0.15, -0.1) is 0 Å². The van der Waals surface area contributed by atoms with Gasteiger partial charge in [-0.05, 0) is 43.9 Å². The normalized spacial score (nSPS) is 25.4. The Morgan fingerprint density at radius 1 is 0.953 bits per heavy atom. The van der Waals surface area contributed by atoms with Gasteiger partial charge >= 0.3 is 5.97 Å². The molecule has 0 bridgehead atoms. The van der Waals surface area contributed by atoms with Crippen molar-refractivity contribution < 1.29 is 54.8 Å². The first-order valence-corrected chi connectivity index (χ1v) is 14.3. The van der Waals surface area contributed by atoms with E-state index in [2.05, 4.69) is 0 Å². The molecule has 0 amide bonds. The van der Waals surface area contributed by atoms with Crippen molar-refractivity contribution in [1.29, 1.82) is 0 Å². The van der Waals surface area contributed by atoms with Gasteiger partial charge in [-0.3, -0.25) is 4.79 Å². The molecule has 1 aliphatic carbocycles. The van der Waals surface area contributed by atoms with Gasteiger partial charge in [0.05, 0.1) is 22.1 Å². The number of aryl methyl sites for hydroxylation is 1. The summed E-state index contributed by atoms with van der Waals surface area (Å²) >= 11 is 0. The molecule has 2 fully saturated rings. The Labute approximate surface area is 247 Å². The number of fused-ring (bicyclic) bond motifs is 1. The van der Waals surface area contributed by atoms with Crippen LogP contribution in [0.2, 0.25) is 0 Å². The summed E-state index contributed by atoms with van der Waals surface area (Å²) in [6.07, 6.45) is -5.21. The highest BCUT2D eigenvalue weighted by Gasteiger charge is 2.53. The van der Waals surface area contributed by atoms with Crippen molar-refractivity contribution in [3.8, 4) is 17.2 Å². The molecule has 0 aromatic heterocycles. The second kappa shape index (κ2) is 12.1. The summed E-state index contributed by atoms with van der Waals surface area (Å²) in [6.45, 7) is 1.43. The molecule has 1 heterocycles. The van der Waals surface area contributed by atoms with E-state index in [9.17, 15) is 45.3 Å². The topological polar surface area (TPSA) is 194 Å². The number of carboxylic acids is 1. The zero-order valence-electron chi connectivity index (χ0n) is 23.6. The number of phenolic OH excluding ortho intramolecular Hbond substituents is 2. The van der Waals surface area contributed by atoms with Crippen LogP contribution in [-0.2, 0) is 11.2 Å². The van der Waals surface area contributed by atoms with Crippen molar-refractivity contribution >= 4 is 22.5 Å². The smallest absolute Gasteiger partial charge is 0.335 e. The minimum absolute atomic E-state index is 0.00154. The number of hydrogen-bond donors (Lipinski definition) is 7. The van der Waals surface area contributed by atoms with E-state index in [1.54, 1.807) is 0 Å². The number of carboxylic acid groups (broad SMARTS) is 1. The molecule has 5 rings (SSSR count). The Morgan fingerprint density at radius 3 is 2.28 bits per heavy atom. The number of benzene rings is 3. The van der Waals surface area contributed by atoms with Crippen LogP contribution in [0.5, 0.6) is 17.2 Å². The lowest BCUT2D eigenvalue weighted by Crippen LogP contribution is -2.65. The summed E-state index contributed by atoms with van der Waals surface area (Å²) in [5.74, 6) is -3.23. The monoisotopic (exact) mass is 596 g/mol. The maximum absolute atomic E-state index is 13.4. The lowest BCUT2D eigenvalue weighted by Gasteiger charge is -2.48. The van der Waals surface area contributed by atoms with E-state index < -0.39 is 59.6 Å². The molecular weight excluding hydrogens is 560 g/mol. The number of phenols is 2. The predicted octanol–water partition coefficient (Wildman–Crippen LogP) is 2.95. The summed E-state index contributed by atoms with van der Waals surface area (Å²) in [6, 6.07) is 11.4. The van der Waals surface area contributed by atoms with Crippen LogP contribution in [0.1, 0.15) is 70.4 Å².